The molecule has 1 aliphatic heterocycles. The summed E-state index contributed by atoms with van der Waals surface area (Å²) in [5, 5.41) is 2.99. The Morgan fingerprint density at radius 2 is 1.71 bits per heavy atom. The highest BCUT2D eigenvalue weighted by Gasteiger charge is 2.23. The minimum absolute atomic E-state index is 0.00553. The monoisotopic (exact) mass is 377 g/mol. The minimum atomic E-state index is -0.193. The van der Waals surface area contributed by atoms with Gasteiger partial charge in [-0.2, -0.15) is 0 Å². The number of amides is 2. The summed E-state index contributed by atoms with van der Waals surface area (Å²) >= 11 is 0. The van der Waals surface area contributed by atoms with Crippen molar-refractivity contribution in [1.82, 2.24) is 0 Å². The lowest BCUT2D eigenvalue weighted by molar-refractivity contribution is -0.122. The Labute approximate surface area is 165 Å². The van der Waals surface area contributed by atoms with E-state index in [-0.39, 0.29) is 17.7 Å². The first-order chi connectivity index (χ1) is 13.6. The van der Waals surface area contributed by atoms with Crippen LogP contribution in [0.25, 0.3) is 0 Å². The van der Waals surface area contributed by atoms with E-state index in [9.17, 15) is 9.59 Å². The Kier molecular flexibility index (Phi) is 5.33. The van der Waals surface area contributed by atoms with E-state index >= 15 is 0 Å². The molecule has 2 aromatic carbocycles. The third-order valence-corrected chi connectivity index (χ3v) is 5.94. The number of hydrogen-bond acceptors (Lipinski definition) is 3. The van der Waals surface area contributed by atoms with Crippen LogP contribution >= 0.6 is 0 Å². The second-order valence-corrected chi connectivity index (χ2v) is 7.89. The number of nitrogens with one attached hydrogen (secondary N) is 1. The molecule has 4 rings (SSSR count). The van der Waals surface area contributed by atoms with Crippen LogP contribution in [0.4, 0.5) is 11.4 Å². The third kappa shape index (κ3) is 4.19. The van der Waals surface area contributed by atoms with Gasteiger partial charge in [-0.1, -0.05) is 18.2 Å². The van der Waals surface area contributed by atoms with Gasteiger partial charge in [-0.3, -0.25) is 9.59 Å². The number of fused-ring (bicyclic) bond motifs is 1. The molecule has 5 heteroatoms. The third-order valence-electron chi connectivity index (χ3n) is 5.94. The molecule has 3 N–H and O–H groups in total. The summed E-state index contributed by atoms with van der Waals surface area (Å²) in [6, 6.07) is 14.3. The molecule has 0 saturated carbocycles. The molecule has 0 radical (unpaired) electrons. The number of carbonyl (C=O) groups is 2. The summed E-state index contributed by atoms with van der Waals surface area (Å²) in [4.78, 5) is 26.0. The molecule has 1 aliphatic carbocycles. The van der Waals surface area contributed by atoms with Gasteiger partial charge in [-0.05, 0) is 73.1 Å². The van der Waals surface area contributed by atoms with Crippen LogP contribution in [0.2, 0.25) is 0 Å². The molecule has 1 fully saturated rings. The number of rotatable bonds is 5. The smallest absolute Gasteiger partial charge is 0.228 e. The van der Waals surface area contributed by atoms with Crippen molar-refractivity contribution in [3.05, 3.63) is 59.2 Å². The molecule has 1 saturated heterocycles. The molecule has 0 atom stereocenters. The molecular formula is C23H27N3O2. The first-order valence-electron chi connectivity index (χ1n) is 10.1. The lowest BCUT2D eigenvalue weighted by Gasteiger charge is -2.32. The summed E-state index contributed by atoms with van der Waals surface area (Å²) < 4.78 is 0. The lowest BCUT2D eigenvalue weighted by Crippen LogP contribution is -2.38. The number of piperidine rings is 1. The summed E-state index contributed by atoms with van der Waals surface area (Å²) in [7, 11) is 0. The SMILES string of the molecule is NC(=O)C1CCN(c2ccc(NC(=O)Cc3ccc4c(c3)CCC4)cc2)CC1. The van der Waals surface area contributed by atoms with E-state index in [2.05, 4.69) is 28.4 Å². The van der Waals surface area contributed by atoms with Gasteiger partial charge in [-0.15, -0.1) is 0 Å². The molecule has 5 nitrogen and oxygen atoms in total. The van der Waals surface area contributed by atoms with Crippen molar-refractivity contribution in [2.24, 2.45) is 11.7 Å². The van der Waals surface area contributed by atoms with Gasteiger partial charge in [-0.25, -0.2) is 0 Å². The van der Waals surface area contributed by atoms with E-state index in [1.165, 1.54) is 17.5 Å². The Morgan fingerprint density at radius 3 is 2.43 bits per heavy atom. The van der Waals surface area contributed by atoms with Gasteiger partial charge in [0.1, 0.15) is 0 Å². The van der Waals surface area contributed by atoms with E-state index in [4.69, 9.17) is 5.73 Å². The van der Waals surface area contributed by atoms with E-state index in [1.54, 1.807) is 0 Å². The molecule has 28 heavy (non-hydrogen) atoms. The number of primary amides is 1. The van der Waals surface area contributed by atoms with Crippen LogP contribution in [0.1, 0.15) is 36.0 Å². The zero-order chi connectivity index (χ0) is 19.5. The largest absolute Gasteiger partial charge is 0.371 e. The Morgan fingerprint density at radius 1 is 1.00 bits per heavy atom. The molecule has 2 aromatic rings. The van der Waals surface area contributed by atoms with Crippen LogP contribution < -0.4 is 16.0 Å². The molecule has 2 amide bonds. The van der Waals surface area contributed by atoms with Crippen molar-refractivity contribution >= 4 is 23.2 Å². The molecule has 146 valence electrons. The molecule has 0 aromatic heterocycles. The molecular weight excluding hydrogens is 350 g/mol. The maximum Gasteiger partial charge on any atom is 0.228 e. The first-order valence-corrected chi connectivity index (χ1v) is 10.1. The Hall–Kier alpha value is -2.82. The van der Waals surface area contributed by atoms with Gasteiger partial charge in [0.25, 0.3) is 0 Å². The zero-order valence-corrected chi connectivity index (χ0v) is 16.1. The fraction of sp³-hybridized carbons (Fsp3) is 0.391. The van der Waals surface area contributed by atoms with Crippen molar-refractivity contribution in [2.75, 3.05) is 23.3 Å². The number of carbonyl (C=O) groups excluding carboxylic acids is 2. The highest BCUT2D eigenvalue weighted by Crippen LogP contribution is 2.25. The van der Waals surface area contributed by atoms with Gasteiger partial charge < -0.3 is 16.0 Å². The number of nitrogens with zero attached hydrogens (tertiary/aromatic N) is 1. The molecule has 2 aliphatic rings. The average molecular weight is 377 g/mol. The first kappa shape index (κ1) is 18.5. The summed E-state index contributed by atoms with van der Waals surface area (Å²) in [5.74, 6) is -0.192. The molecule has 0 spiro atoms. The van der Waals surface area contributed by atoms with Gasteiger partial charge in [0.05, 0.1) is 6.42 Å². The zero-order valence-electron chi connectivity index (χ0n) is 16.1. The van der Waals surface area contributed by atoms with Crippen LogP contribution in [0, 0.1) is 5.92 Å². The van der Waals surface area contributed by atoms with Crippen molar-refractivity contribution in [2.45, 2.75) is 38.5 Å². The fourth-order valence-electron chi connectivity index (χ4n) is 4.30. The Balaban J connectivity index is 1.32. The second kappa shape index (κ2) is 8.05. The Bertz CT molecular complexity index is 868. The van der Waals surface area contributed by atoms with Crippen LogP contribution in [-0.4, -0.2) is 24.9 Å². The van der Waals surface area contributed by atoms with Gasteiger partial charge in [0.15, 0.2) is 0 Å². The predicted octanol–water partition coefficient (Wildman–Crippen LogP) is 3.06. The van der Waals surface area contributed by atoms with Crippen LogP contribution in [0.15, 0.2) is 42.5 Å². The van der Waals surface area contributed by atoms with Crippen LogP contribution in [0.3, 0.4) is 0 Å². The molecule has 0 bridgehead atoms. The summed E-state index contributed by atoms with van der Waals surface area (Å²) in [6.45, 7) is 1.66. The topological polar surface area (TPSA) is 75.4 Å². The van der Waals surface area contributed by atoms with E-state index in [1.807, 2.05) is 24.3 Å². The normalized spacial score (nSPS) is 16.6. The number of nitrogens with two attached hydrogens (primary N) is 1. The number of aryl methyl sites for hydroxylation is 2. The second-order valence-electron chi connectivity index (χ2n) is 7.89. The van der Waals surface area contributed by atoms with Gasteiger partial charge >= 0.3 is 0 Å². The van der Waals surface area contributed by atoms with Crippen molar-refractivity contribution in [3.8, 4) is 0 Å². The van der Waals surface area contributed by atoms with Gasteiger partial charge in [0.2, 0.25) is 11.8 Å². The number of anilines is 2. The maximum atomic E-state index is 12.4. The predicted molar refractivity (Wildman–Crippen MR) is 111 cm³/mol. The molecule has 0 unspecified atom stereocenters. The standard InChI is InChI=1S/C23H27N3O2/c24-23(28)18-10-12-26(13-11-18)21-8-6-20(7-9-21)25-22(27)15-16-4-5-17-2-1-3-19(17)14-16/h4-9,14,18H,1-3,10-13,15H2,(H2,24,28)(H,25,27). The average Bonchev–Trinajstić information content (AvgIpc) is 3.16. The molecule has 1 heterocycles. The van der Waals surface area contributed by atoms with E-state index in [0.29, 0.717) is 6.42 Å². The maximum absolute atomic E-state index is 12.4. The number of hydrogen-bond donors (Lipinski definition) is 2. The summed E-state index contributed by atoms with van der Waals surface area (Å²) in [5.41, 5.74) is 11.2. The van der Waals surface area contributed by atoms with Crippen molar-refractivity contribution in [3.63, 3.8) is 0 Å². The van der Waals surface area contributed by atoms with Crippen LogP contribution in [-0.2, 0) is 28.9 Å². The highest BCUT2D eigenvalue weighted by atomic mass is 16.2. The van der Waals surface area contributed by atoms with Gasteiger partial charge in [0, 0.05) is 30.4 Å². The minimum Gasteiger partial charge on any atom is -0.371 e. The lowest BCUT2D eigenvalue weighted by atomic mass is 9.96. The van der Waals surface area contributed by atoms with E-state index < -0.39 is 0 Å². The van der Waals surface area contributed by atoms with Crippen LogP contribution in [0.5, 0.6) is 0 Å². The number of benzene rings is 2. The highest BCUT2D eigenvalue weighted by molar-refractivity contribution is 5.92. The quantitative estimate of drug-likeness (QED) is 0.841. The summed E-state index contributed by atoms with van der Waals surface area (Å²) in [6.07, 6.45) is 5.51. The van der Waals surface area contributed by atoms with Crippen molar-refractivity contribution < 1.29 is 9.59 Å². The van der Waals surface area contributed by atoms with Crippen molar-refractivity contribution in [1.29, 1.82) is 0 Å². The fourth-order valence-corrected chi connectivity index (χ4v) is 4.30. The van der Waals surface area contributed by atoms with E-state index in [0.717, 1.165) is 55.7 Å².